The number of hydrogen-bond donors (Lipinski definition) is 0. The highest BCUT2D eigenvalue weighted by Gasteiger charge is 2.85. The van der Waals surface area contributed by atoms with Crippen LogP contribution in [0.3, 0.4) is 0 Å². The molecule has 4 nitrogen and oxygen atoms in total. The number of alkyl halides is 2. The molecule has 2 aliphatic carbocycles. The maximum absolute atomic E-state index is 13.9. The predicted octanol–water partition coefficient (Wildman–Crippen LogP) is 8.54. The number of halogens is 2. The highest BCUT2D eigenvalue weighted by Crippen LogP contribution is 2.78. The average molecular weight is 641 g/mol. The number of fused-ring (bicyclic) bond motifs is 2. The molecule has 3 fully saturated rings. The van der Waals surface area contributed by atoms with Gasteiger partial charge in [-0.1, -0.05) is 94.2 Å². The van der Waals surface area contributed by atoms with Gasteiger partial charge >= 0.3 is 5.97 Å². The highest BCUT2D eigenvalue weighted by atomic mass is 79.9. The first-order valence-electron chi connectivity index (χ1n) is 13.5. The molecule has 1 aliphatic heterocycles. The molecule has 3 aliphatic rings. The van der Waals surface area contributed by atoms with Crippen LogP contribution in [-0.4, -0.2) is 42.6 Å². The van der Waals surface area contributed by atoms with Gasteiger partial charge in [0, 0.05) is 18.3 Å². The zero-order chi connectivity index (χ0) is 26.1. The van der Waals surface area contributed by atoms with E-state index in [1.54, 1.807) is 0 Å². The van der Waals surface area contributed by atoms with Crippen LogP contribution in [0.5, 0.6) is 0 Å². The van der Waals surface area contributed by atoms with Crippen LogP contribution in [0.15, 0.2) is 0 Å². The van der Waals surface area contributed by atoms with E-state index in [2.05, 4.69) is 108 Å². The Bertz CT molecular complexity index is 766. The molecule has 0 aromatic heterocycles. The van der Waals surface area contributed by atoms with Gasteiger partial charge in [0.2, 0.25) is 8.32 Å². The molecule has 0 radical (unpaired) electrons. The molecule has 0 N–H and O–H groups in total. The van der Waals surface area contributed by atoms with E-state index in [0.717, 1.165) is 24.6 Å². The summed E-state index contributed by atoms with van der Waals surface area (Å²) in [6.45, 7) is 24.8. The van der Waals surface area contributed by atoms with Crippen molar-refractivity contribution in [1.29, 1.82) is 0 Å². The second kappa shape index (κ2) is 9.21. The summed E-state index contributed by atoms with van der Waals surface area (Å²) in [5.74, 6) is 0.139. The Morgan fingerprint density at radius 1 is 0.912 bits per heavy atom. The van der Waals surface area contributed by atoms with Crippen LogP contribution >= 0.6 is 31.9 Å². The Morgan fingerprint density at radius 3 is 1.79 bits per heavy atom. The molecule has 8 heteroatoms. The molecule has 198 valence electrons. The number of esters is 1. The second-order valence-electron chi connectivity index (χ2n) is 12.7. The molecule has 34 heavy (non-hydrogen) atoms. The first-order valence-corrected chi connectivity index (χ1v) is 19.8. The fourth-order valence-electron chi connectivity index (χ4n) is 7.83. The van der Waals surface area contributed by atoms with E-state index < -0.39 is 33.4 Å². The number of rotatable bonds is 10. The molecule has 0 amide bonds. The number of cyclic esters (lactones) is 1. The lowest BCUT2D eigenvalue weighted by Gasteiger charge is -2.51. The summed E-state index contributed by atoms with van der Waals surface area (Å²) in [7, 11) is -4.30. The normalized spacial score (nSPS) is 34.4. The zero-order valence-electron chi connectivity index (χ0n) is 23.3. The molecule has 0 aromatic carbocycles. The molecule has 0 aromatic rings. The standard InChI is InChI=1S/C26H48Br2O4Si2/c1-12-33(13-2,14-3)31-24-16-25(32-34(17(4)5,18(6)7)19(8)9)21(26(25,27)28)15-20(24)23(10,11)30-22(24)29/h17-21H,12-16H2,1-11H3/t20-,21?,24+,25?/m0/s1. The van der Waals surface area contributed by atoms with Crippen molar-refractivity contribution in [1.82, 2.24) is 0 Å². The summed E-state index contributed by atoms with van der Waals surface area (Å²) in [5, 5.41) is 0. The third-order valence-electron chi connectivity index (χ3n) is 9.98. The third kappa shape index (κ3) is 3.93. The van der Waals surface area contributed by atoms with Crippen molar-refractivity contribution >= 4 is 54.5 Å². The van der Waals surface area contributed by atoms with E-state index >= 15 is 0 Å². The molecule has 4 atom stereocenters. The van der Waals surface area contributed by atoms with Crippen LogP contribution in [-0.2, 0) is 18.4 Å². The number of ether oxygens (including phenoxy) is 1. The van der Waals surface area contributed by atoms with E-state index in [9.17, 15) is 4.79 Å². The maximum Gasteiger partial charge on any atom is 0.338 e. The third-order valence-corrected chi connectivity index (χ3v) is 23.2. The fourth-order valence-corrected chi connectivity index (χ4v) is 18.7. The SMILES string of the molecule is CC[Si](CC)(CC)O[C@]12CC3(O[Si](C(C)C)(C(C)C)C(C)C)C(C[C@H]1C(C)(C)OC2=O)C3(Br)Br. The smallest absolute Gasteiger partial charge is 0.338 e. The van der Waals surface area contributed by atoms with Crippen LogP contribution < -0.4 is 0 Å². The van der Waals surface area contributed by atoms with E-state index in [-0.39, 0.29) is 21.0 Å². The van der Waals surface area contributed by atoms with Gasteiger partial charge in [-0.05, 0) is 55.0 Å². The number of hydrogen-bond acceptors (Lipinski definition) is 4. The first kappa shape index (κ1) is 29.3. The maximum atomic E-state index is 13.9. The highest BCUT2D eigenvalue weighted by molar-refractivity contribution is 9.25. The van der Waals surface area contributed by atoms with Gasteiger partial charge in [0.1, 0.15) is 8.83 Å². The fraction of sp³-hybridized carbons (Fsp3) is 0.962. The van der Waals surface area contributed by atoms with E-state index in [1.165, 1.54) is 0 Å². The monoisotopic (exact) mass is 638 g/mol. The van der Waals surface area contributed by atoms with Crippen molar-refractivity contribution in [2.45, 2.75) is 144 Å². The quantitative estimate of drug-likeness (QED) is 0.136. The van der Waals surface area contributed by atoms with Crippen molar-refractivity contribution in [2.24, 2.45) is 11.8 Å². The van der Waals surface area contributed by atoms with Gasteiger partial charge in [0.05, 0.1) is 5.60 Å². The molecular formula is C26H48Br2O4Si2. The van der Waals surface area contributed by atoms with E-state index in [0.29, 0.717) is 23.0 Å². The van der Waals surface area contributed by atoms with Crippen molar-refractivity contribution in [3.05, 3.63) is 0 Å². The number of carbonyl (C=O) groups excluding carboxylic acids is 1. The van der Waals surface area contributed by atoms with Gasteiger partial charge in [-0.3, -0.25) is 0 Å². The Balaban J connectivity index is 2.16. The van der Waals surface area contributed by atoms with Gasteiger partial charge < -0.3 is 13.6 Å². The molecule has 2 saturated carbocycles. The van der Waals surface area contributed by atoms with E-state index in [4.69, 9.17) is 13.6 Å². The Morgan fingerprint density at radius 2 is 1.38 bits per heavy atom. The summed E-state index contributed by atoms with van der Waals surface area (Å²) in [6, 6.07) is 3.03. The van der Waals surface area contributed by atoms with E-state index in [1.807, 2.05) is 0 Å². The molecule has 2 unspecified atom stereocenters. The lowest BCUT2D eigenvalue weighted by Crippen LogP contribution is -2.61. The minimum atomic E-state index is -2.21. The predicted molar refractivity (Wildman–Crippen MR) is 153 cm³/mol. The number of carbonyl (C=O) groups is 1. The molecule has 3 rings (SSSR count). The average Bonchev–Trinajstić information content (AvgIpc) is 3.12. The van der Waals surface area contributed by atoms with Crippen molar-refractivity contribution in [3.8, 4) is 0 Å². The zero-order valence-corrected chi connectivity index (χ0v) is 28.5. The lowest BCUT2D eigenvalue weighted by molar-refractivity contribution is -0.160. The Hall–Kier alpha value is 0.784. The van der Waals surface area contributed by atoms with Crippen LogP contribution in [0, 0.1) is 11.8 Å². The van der Waals surface area contributed by atoms with Crippen molar-refractivity contribution < 1.29 is 18.4 Å². The minimum Gasteiger partial charge on any atom is -0.457 e. The Labute approximate surface area is 227 Å². The molecule has 1 saturated heterocycles. The van der Waals surface area contributed by atoms with Crippen LogP contribution in [0.2, 0.25) is 34.8 Å². The van der Waals surface area contributed by atoms with Gasteiger partial charge in [0.15, 0.2) is 13.9 Å². The summed E-state index contributed by atoms with van der Waals surface area (Å²) in [5.41, 5.74) is -0.533. The van der Waals surface area contributed by atoms with Crippen molar-refractivity contribution in [2.75, 3.05) is 0 Å². The topological polar surface area (TPSA) is 44.8 Å². The summed E-state index contributed by atoms with van der Waals surface area (Å²) >= 11 is 8.15. The Kier molecular flexibility index (Phi) is 7.95. The van der Waals surface area contributed by atoms with Crippen LogP contribution in [0.25, 0.3) is 0 Å². The second-order valence-corrected chi connectivity index (χ2v) is 26.3. The molecule has 0 spiro atoms. The van der Waals surface area contributed by atoms with Crippen molar-refractivity contribution in [3.63, 3.8) is 0 Å². The molecule has 0 bridgehead atoms. The van der Waals surface area contributed by atoms with Crippen LogP contribution in [0.4, 0.5) is 0 Å². The van der Waals surface area contributed by atoms with Gasteiger partial charge in [-0.2, -0.15) is 0 Å². The molecule has 1 heterocycles. The van der Waals surface area contributed by atoms with Crippen LogP contribution in [0.1, 0.15) is 89.0 Å². The summed E-state index contributed by atoms with van der Waals surface area (Å²) in [4.78, 5) is 13.9. The van der Waals surface area contributed by atoms with Gasteiger partial charge in [-0.15, -0.1) is 0 Å². The molecular weight excluding hydrogens is 592 g/mol. The first-order chi connectivity index (χ1) is 15.5. The summed E-state index contributed by atoms with van der Waals surface area (Å²) < 4.78 is 20.6. The minimum absolute atomic E-state index is 0.0240. The van der Waals surface area contributed by atoms with Gasteiger partial charge in [-0.25, -0.2) is 4.79 Å². The summed E-state index contributed by atoms with van der Waals surface area (Å²) in [6.07, 6.45) is 1.43. The van der Waals surface area contributed by atoms with Gasteiger partial charge in [0.25, 0.3) is 0 Å². The lowest BCUT2D eigenvalue weighted by atomic mass is 9.69. The largest absolute Gasteiger partial charge is 0.457 e.